The zero-order valence-electron chi connectivity index (χ0n) is 14.2. The molecule has 23 heavy (non-hydrogen) atoms. The molecule has 2 N–H and O–H groups in total. The first-order valence-electron chi connectivity index (χ1n) is 7.84. The van der Waals surface area contributed by atoms with Crippen LogP contribution in [0.3, 0.4) is 0 Å². The summed E-state index contributed by atoms with van der Waals surface area (Å²) in [6.07, 6.45) is -0.296. The molecule has 2 rings (SSSR count). The van der Waals surface area contributed by atoms with Crippen molar-refractivity contribution in [2.24, 2.45) is 0 Å². The van der Waals surface area contributed by atoms with Gasteiger partial charge in [-0.15, -0.1) is 0 Å². The predicted molar refractivity (Wildman–Crippen MR) is 89.3 cm³/mol. The molecular weight excluding hydrogens is 294 g/mol. The number of ether oxygens (including phenoxy) is 1. The minimum absolute atomic E-state index is 0.0787. The van der Waals surface area contributed by atoms with Crippen molar-refractivity contribution in [2.75, 3.05) is 25.0 Å². The minimum atomic E-state index is -0.512. The van der Waals surface area contributed by atoms with Crippen molar-refractivity contribution in [3.05, 3.63) is 29.8 Å². The zero-order chi connectivity index (χ0) is 17.0. The summed E-state index contributed by atoms with van der Waals surface area (Å²) in [6.45, 7) is 9.10. The van der Waals surface area contributed by atoms with Gasteiger partial charge in [-0.3, -0.25) is 9.69 Å². The monoisotopic (exact) mass is 319 g/mol. The highest BCUT2D eigenvalue weighted by Crippen LogP contribution is 2.25. The van der Waals surface area contributed by atoms with E-state index in [0.717, 1.165) is 17.8 Å². The van der Waals surface area contributed by atoms with Gasteiger partial charge in [-0.1, -0.05) is 12.1 Å². The molecule has 6 nitrogen and oxygen atoms in total. The number of nitrogens with one attached hydrogen (secondary N) is 2. The number of carbonyl (C=O) groups is 2. The van der Waals surface area contributed by atoms with Gasteiger partial charge in [0.2, 0.25) is 5.91 Å². The molecule has 6 heteroatoms. The highest BCUT2D eigenvalue weighted by atomic mass is 16.6. The SMILES string of the molecule is CC(=O)Nc1ccc(C2CNCCN2C(=O)OC(C)(C)C)cc1. The number of amides is 2. The molecule has 1 saturated heterocycles. The molecule has 1 aliphatic heterocycles. The van der Waals surface area contributed by atoms with Crippen LogP contribution in [0.4, 0.5) is 10.5 Å². The average molecular weight is 319 g/mol. The smallest absolute Gasteiger partial charge is 0.410 e. The van der Waals surface area contributed by atoms with E-state index < -0.39 is 5.60 Å². The lowest BCUT2D eigenvalue weighted by Crippen LogP contribution is -2.50. The molecule has 1 unspecified atom stereocenters. The lowest BCUT2D eigenvalue weighted by Gasteiger charge is -2.37. The lowest BCUT2D eigenvalue weighted by atomic mass is 10.0. The standard InChI is InChI=1S/C17H25N3O3/c1-12(21)19-14-7-5-13(6-8-14)15-11-18-9-10-20(15)16(22)23-17(2,3)4/h5-8,15,18H,9-11H2,1-4H3,(H,19,21). The fourth-order valence-corrected chi connectivity index (χ4v) is 2.53. The molecule has 1 fully saturated rings. The summed E-state index contributed by atoms with van der Waals surface area (Å²) in [5.74, 6) is -0.104. The first kappa shape index (κ1) is 17.3. The number of hydrogen-bond acceptors (Lipinski definition) is 4. The molecule has 0 spiro atoms. The van der Waals surface area contributed by atoms with Crippen molar-refractivity contribution >= 4 is 17.7 Å². The van der Waals surface area contributed by atoms with E-state index >= 15 is 0 Å². The summed E-state index contributed by atoms with van der Waals surface area (Å²) in [4.78, 5) is 25.3. The van der Waals surface area contributed by atoms with E-state index in [2.05, 4.69) is 10.6 Å². The number of nitrogens with zero attached hydrogens (tertiary/aromatic N) is 1. The fourth-order valence-electron chi connectivity index (χ4n) is 2.53. The van der Waals surface area contributed by atoms with Crippen LogP contribution in [0.2, 0.25) is 0 Å². The highest BCUT2D eigenvalue weighted by molar-refractivity contribution is 5.88. The third-order valence-electron chi connectivity index (χ3n) is 3.49. The third kappa shape index (κ3) is 4.96. The second-order valence-corrected chi connectivity index (χ2v) is 6.70. The Bertz CT molecular complexity index is 563. The quantitative estimate of drug-likeness (QED) is 0.879. The maximum Gasteiger partial charge on any atom is 0.410 e. The van der Waals surface area contributed by atoms with Gasteiger partial charge in [0.05, 0.1) is 6.04 Å². The van der Waals surface area contributed by atoms with Crippen LogP contribution in [0, 0.1) is 0 Å². The molecule has 1 aromatic rings. The summed E-state index contributed by atoms with van der Waals surface area (Å²) < 4.78 is 5.51. The maximum atomic E-state index is 12.4. The van der Waals surface area contributed by atoms with E-state index in [1.807, 2.05) is 45.0 Å². The van der Waals surface area contributed by atoms with Crippen molar-refractivity contribution in [3.8, 4) is 0 Å². The Kier molecular flexibility index (Phi) is 5.26. The van der Waals surface area contributed by atoms with Gasteiger partial charge in [-0.2, -0.15) is 0 Å². The summed E-state index contributed by atoms with van der Waals surface area (Å²) in [5, 5.41) is 6.05. The minimum Gasteiger partial charge on any atom is -0.444 e. The number of hydrogen-bond donors (Lipinski definition) is 2. The average Bonchev–Trinajstić information content (AvgIpc) is 2.46. The molecule has 0 bridgehead atoms. The first-order chi connectivity index (χ1) is 10.8. The Balaban J connectivity index is 2.14. The van der Waals surface area contributed by atoms with Crippen LogP contribution in [0.15, 0.2) is 24.3 Å². The van der Waals surface area contributed by atoms with E-state index in [1.54, 1.807) is 4.90 Å². The molecule has 1 aromatic carbocycles. The van der Waals surface area contributed by atoms with Crippen molar-refractivity contribution in [1.29, 1.82) is 0 Å². The number of rotatable bonds is 2. The zero-order valence-corrected chi connectivity index (χ0v) is 14.2. The predicted octanol–water partition coefficient (Wildman–Crippen LogP) is 2.53. The summed E-state index contributed by atoms with van der Waals surface area (Å²) in [5.41, 5.74) is 1.24. The largest absolute Gasteiger partial charge is 0.444 e. The van der Waals surface area contributed by atoms with Crippen LogP contribution in [-0.4, -0.2) is 42.1 Å². The molecule has 0 aliphatic carbocycles. The molecule has 0 aromatic heterocycles. The molecular formula is C17H25N3O3. The Hall–Kier alpha value is -2.08. The molecule has 126 valence electrons. The van der Waals surface area contributed by atoms with E-state index in [9.17, 15) is 9.59 Å². The van der Waals surface area contributed by atoms with Crippen LogP contribution in [-0.2, 0) is 9.53 Å². The van der Waals surface area contributed by atoms with Gasteiger partial charge in [-0.05, 0) is 38.5 Å². The molecule has 0 saturated carbocycles. The van der Waals surface area contributed by atoms with Gasteiger partial charge >= 0.3 is 6.09 Å². The van der Waals surface area contributed by atoms with Crippen LogP contribution in [0.1, 0.15) is 39.3 Å². The number of benzene rings is 1. The van der Waals surface area contributed by atoms with E-state index in [0.29, 0.717) is 13.1 Å². The van der Waals surface area contributed by atoms with Gasteiger partial charge in [-0.25, -0.2) is 4.79 Å². The second kappa shape index (κ2) is 7.00. The van der Waals surface area contributed by atoms with Gasteiger partial charge in [0.1, 0.15) is 5.60 Å². The summed E-state index contributed by atoms with van der Waals surface area (Å²) in [6, 6.07) is 7.47. The molecule has 1 aliphatic rings. The van der Waals surface area contributed by atoms with Crippen LogP contribution < -0.4 is 10.6 Å². The molecule has 1 heterocycles. The molecule has 1 atom stereocenters. The van der Waals surface area contributed by atoms with Gasteiger partial charge in [0.15, 0.2) is 0 Å². The lowest BCUT2D eigenvalue weighted by molar-refractivity contribution is -0.114. The highest BCUT2D eigenvalue weighted by Gasteiger charge is 2.31. The Morgan fingerprint density at radius 3 is 2.48 bits per heavy atom. The number of anilines is 1. The Morgan fingerprint density at radius 2 is 1.91 bits per heavy atom. The Morgan fingerprint density at radius 1 is 1.26 bits per heavy atom. The van der Waals surface area contributed by atoms with E-state index in [4.69, 9.17) is 4.74 Å². The first-order valence-corrected chi connectivity index (χ1v) is 7.84. The van der Waals surface area contributed by atoms with E-state index in [-0.39, 0.29) is 18.0 Å². The normalized spacial score (nSPS) is 18.4. The van der Waals surface area contributed by atoms with Crippen molar-refractivity contribution in [3.63, 3.8) is 0 Å². The Labute approximate surface area is 137 Å². The van der Waals surface area contributed by atoms with Crippen molar-refractivity contribution < 1.29 is 14.3 Å². The van der Waals surface area contributed by atoms with Crippen LogP contribution in [0.5, 0.6) is 0 Å². The van der Waals surface area contributed by atoms with Crippen molar-refractivity contribution in [2.45, 2.75) is 39.3 Å². The number of piperazine rings is 1. The summed E-state index contributed by atoms with van der Waals surface area (Å²) in [7, 11) is 0. The van der Waals surface area contributed by atoms with Crippen molar-refractivity contribution in [1.82, 2.24) is 10.2 Å². The van der Waals surface area contributed by atoms with Gasteiger partial charge < -0.3 is 15.4 Å². The van der Waals surface area contributed by atoms with Gasteiger partial charge in [0, 0.05) is 32.2 Å². The maximum absolute atomic E-state index is 12.4. The number of carbonyl (C=O) groups excluding carboxylic acids is 2. The third-order valence-corrected chi connectivity index (χ3v) is 3.49. The van der Waals surface area contributed by atoms with E-state index in [1.165, 1.54) is 6.92 Å². The molecule has 0 radical (unpaired) electrons. The molecule has 2 amide bonds. The van der Waals surface area contributed by atoms with Gasteiger partial charge in [0.25, 0.3) is 0 Å². The fraction of sp³-hybridized carbons (Fsp3) is 0.529. The topological polar surface area (TPSA) is 70.7 Å². The second-order valence-electron chi connectivity index (χ2n) is 6.70. The van der Waals surface area contributed by atoms with Crippen LogP contribution >= 0.6 is 0 Å². The summed E-state index contributed by atoms with van der Waals surface area (Å²) >= 11 is 0. The van der Waals surface area contributed by atoms with Crippen LogP contribution in [0.25, 0.3) is 0 Å².